The molecule has 1 aromatic carbocycles. The van der Waals surface area contributed by atoms with Crippen LogP contribution in [-0.4, -0.2) is 22.0 Å². The fourth-order valence-corrected chi connectivity index (χ4v) is 2.85. The number of anilines is 1. The predicted molar refractivity (Wildman–Crippen MR) is 79.5 cm³/mol. The number of non-ortho nitro benzene ring substituents is 1. The Bertz CT molecular complexity index is 544. The van der Waals surface area contributed by atoms with Crippen LogP contribution in [0.15, 0.2) is 18.2 Å². The normalized spacial score (nSPS) is 22.3. The quantitative estimate of drug-likeness (QED) is 0.504. The zero-order valence-electron chi connectivity index (χ0n) is 12.0. The first-order valence-electron chi connectivity index (χ1n) is 7.23. The minimum absolute atomic E-state index is 0.0172. The molecule has 114 valence electrons. The summed E-state index contributed by atoms with van der Waals surface area (Å²) in [5, 5.41) is 23.5. The van der Waals surface area contributed by atoms with Crippen molar-refractivity contribution in [3.63, 3.8) is 0 Å². The van der Waals surface area contributed by atoms with Crippen molar-refractivity contribution in [1.82, 2.24) is 0 Å². The summed E-state index contributed by atoms with van der Waals surface area (Å²) in [5.74, 6) is -1.23. The molecule has 21 heavy (non-hydrogen) atoms. The number of hydrogen-bond acceptors (Lipinski definition) is 4. The molecule has 1 aromatic rings. The highest BCUT2D eigenvalue weighted by Crippen LogP contribution is 2.29. The number of hydrogen-bond donors (Lipinski definition) is 2. The van der Waals surface area contributed by atoms with Crippen molar-refractivity contribution in [2.45, 2.75) is 45.1 Å². The Morgan fingerprint density at radius 1 is 1.33 bits per heavy atom. The molecule has 0 saturated heterocycles. The van der Waals surface area contributed by atoms with E-state index in [1.54, 1.807) is 6.07 Å². The summed E-state index contributed by atoms with van der Waals surface area (Å²) in [6, 6.07) is 4.46. The van der Waals surface area contributed by atoms with Gasteiger partial charge >= 0.3 is 5.97 Å². The molecule has 1 aliphatic rings. The lowest BCUT2D eigenvalue weighted by Crippen LogP contribution is -2.33. The maximum absolute atomic E-state index is 11.4. The Labute approximate surface area is 123 Å². The van der Waals surface area contributed by atoms with E-state index in [-0.39, 0.29) is 11.7 Å². The van der Waals surface area contributed by atoms with Gasteiger partial charge in [-0.1, -0.05) is 25.3 Å². The largest absolute Gasteiger partial charge is 0.481 e. The highest BCUT2D eigenvalue weighted by molar-refractivity contribution is 5.72. The summed E-state index contributed by atoms with van der Waals surface area (Å²) < 4.78 is 0. The molecule has 0 amide bonds. The lowest BCUT2D eigenvalue weighted by atomic mass is 9.94. The van der Waals surface area contributed by atoms with E-state index < -0.39 is 16.8 Å². The third kappa shape index (κ3) is 3.71. The fourth-order valence-electron chi connectivity index (χ4n) is 2.85. The van der Waals surface area contributed by atoms with Crippen molar-refractivity contribution in [3.8, 4) is 0 Å². The first-order chi connectivity index (χ1) is 9.99. The number of carboxylic acids is 1. The Balaban J connectivity index is 2.23. The molecule has 0 spiro atoms. The van der Waals surface area contributed by atoms with E-state index in [1.165, 1.54) is 12.1 Å². The van der Waals surface area contributed by atoms with E-state index >= 15 is 0 Å². The summed E-state index contributed by atoms with van der Waals surface area (Å²) in [6.45, 7) is 1.86. The van der Waals surface area contributed by atoms with Gasteiger partial charge in [0.15, 0.2) is 0 Å². The van der Waals surface area contributed by atoms with E-state index in [0.29, 0.717) is 12.1 Å². The van der Waals surface area contributed by atoms with Crippen LogP contribution in [0.3, 0.4) is 0 Å². The minimum atomic E-state index is -0.794. The van der Waals surface area contributed by atoms with Crippen molar-refractivity contribution in [1.29, 1.82) is 0 Å². The number of nitro groups is 1. The van der Waals surface area contributed by atoms with Gasteiger partial charge in [0.25, 0.3) is 5.69 Å². The van der Waals surface area contributed by atoms with E-state index in [9.17, 15) is 20.0 Å². The number of aliphatic carboxylic acids is 1. The van der Waals surface area contributed by atoms with Crippen molar-refractivity contribution in [3.05, 3.63) is 33.9 Å². The van der Waals surface area contributed by atoms with Gasteiger partial charge in [-0.2, -0.15) is 0 Å². The molecule has 1 saturated carbocycles. The number of nitrogens with zero attached hydrogens (tertiary/aromatic N) is 1. The Kier molecular flexibility index (Phi) is 4.77. The van der Waals surface area contributed by atoms with Crippen LogP contribution in [-0.2, 0) is 4.79 Å². The van der Waals surface area contributed by atoms with Gasteiger partial charge in [-0.05, 0) is 25.3 Å². The van der Waals surface area contributed by atoms with Gasteiger partial charge in [0, 0.05) is 23.9 Å². The molecule has 0 heterocycles. The van der Waals surface area contributed by atoms with Crippen molar-refractivity contribution in [2.24, 2.45) is 5.92 Å². The molecule has 6 nitrogen and oxygen atoms in total. The molecule has 2 rings (SSSR count). The van der Waals surface area contributed by atoms with Gasteiger partial charge in [-0.25, -0.2) is 0 Å². The molecule has 1 fully saturated rings. The average molecular weight is 292 g/mol. The third-order valence-corrected chi connectivity index (χ3v) is 4.11. The van der Waals surface area contributed by atoms with E-state index in [4.69, 9.17) is 0 Å². The molecule has 0 radical (unpaired) electrons. The van der Waals surface area contributed by atoms with Crippen molar-refractivity contribution in [2.75, 3.05) is 5.32 Å². The number of carbonyl (C=O) groups is 1. The Hall–Kier alpha value is -2.11. The lowest BCUT2D eigenvalue weighted by Gasteiger charge is -2.24. The third-order valence-electron chi connectivity index (χ3n) is 4.11. The molecule has 0 bridgehead atoms. The second kappa shape index (κ2) is 6.56. The smallest absolute Gasteiger partial charge is 0.308 e. The standard InChI is InChI=1S/C15H20N2O4/c1-10-7-8-11(17(20)21)9-14(10)16-13-6-4-2-3-5-12(13)15(18)19/h7-9,12-13,16H,2-6H2,1H3,(H,18,19). The van der Waals surface area contributed by atoms with Crippen LogP contribution in [0.4, 0.5) is 11.4 Å². The Morgan fingerprint density at radius 2 is 2.05 bits per heavy atom. The molecular formula is C15H20N2O4. The summed E-state index contributed by atoms with van der Waals surface area (Å²) in [6.07, 6.45) is 4.37. The van der Waals surface area contributed by atoms with Gasteiger partial charge in [0.1, 0.15) is 0 Å². The van der Waals surface area contributed by atoms with E-state index in [2.05, 4.69) is 5.32 Å². The van der Waals surface area contributed by atoms with Gasteiger partial charge in [-0.3, -0.25) is 14.9 Å². The number of carboxylic acid groups (broad SMARTS) is 1. The van der Waals surface area contributed by atoms with Crippen LogP contribution < -0.4 is 5.32 Å². The SMILES string of the molecule is Cc1ccc([N+](=O)[O-])cc1NC1CCCCCC1C(=O)O. The first kappa shape index (κ1) is 15.3. The maximum Gasteiger partial charge on any atom is 0.308 e. The fraction of sp³-hybridized carbons (Fsp3) is 0.533. The van der Waals surface area contributed by atoms with Crippen LogP contribution in [0.2, 0.25) is 0 Å². The molecular weight excluding hydrogens is 272 g/mol. The van der Waals surface area contributed by atoms with E-state index in [0.717, 1.165) is 31.2 Å². The highest BCUT2D eigenvalue weighted by atomic mass is 16.6. The van der Waals surface area contributed by atoms with Gasteiger partial charge in [0.2, 0.25) is 0 Å². The zero-order valence-corrected chi connectivity index (χ0v) is 12.0. The summed E-state index contributed by atoms with van der Waals surface area (Å²) in [7, 11) is 0. The van der Waals surface area contributed by atoms with Crippen LogP contribution in [0.5, 0.6) is 0 Å². The molecule has 2 N–H and O–H groups in total. The second-order valence-electron chi connectivity index (χ2n) is 5.59. The highest BCUT2D eigenvalue weighted by Gasteiger charge is 2.29. The number of benzene rings is 1. The molecule has 2 atom stereocenters. The topological polar surface area (TPSA) is 92.5 Å². The van der Waals surface area contributed by atoms with Crippen molar-refractivity contribution >= 4 is 17.3 Å². The second-order valence-corrected chi connectivity index (χ2v) is 5.59. The van der Waals surface area contributed by atoms with Crippen LogP contribution in [0.1, 0.15) is 37.7 Å². The monoisotopic (exact) mass is 292 g/mol. The number of rotatable bonds is 4. The van der Waals surface area contributed by atoms with Crippen LogP contribution >= 0.6 is 0 Å². The summed E-state index contributed by atoms with van der Waals surface area (Å²) in [4.78, 5) is 21.8. The van der Waals surface area contributed by atoms with E-state index in [1.807, 2.05) is 6.92 Å². The van der Waals surface area contributed by atoms with Gasteiger partial charge < -0.3 is 10.4 Å². The number of nitro benzene ring substituents is 1. The predicted octanol–water partition coefficient (Wildman–Crippen LogP) is 3.35. The molecule has 0 aromatic heterocycles. The number of nitrogens with one attached hydrogen (secondary N) is 1. The van der Waals surface area contributed by atoms with Crippen LogP contribution in [0, 0.1) is 23.0 Å². The molecule has 1 aliphatic carbocycles. The van der Waals surface area contributed by atoms with Crippen LogP contribution in [0.25, 0.3) is 0 Å². The average Bonchev–Trinajstić information content (AvgIpc) is 2.66. The summed E-state index contributed by atoms with van der Waals surface area (Å²) in [5.41, 5.74) is 1.56. The zero-order chi connectivity index (χ0) is 15.4. The maximum atomic E-state index is 11.4. The van der Waals surface area contributed by atoms with Gasteiger partial charge in [0.05, 0.1) is 10.8 Å². The minimum Gasteiger partial charge on any atom is -0.481 e. The first-order valence-corrected chi connectivity index (χ1v) is 7.23. The number of aryl methyl sites for hydroxylation is 1. The van der Waals surface area contributed by atoms with Gasteiger partial charge in [-0.15, -0.1) is 0 Å². The lowest BCUT2D eigenvalue weighted by molar-refractivity contribution is -0.384. The van der Waals surface area contributed by atoms with Crippen molar-refractivity contribution < 1.29 is 14.8 Å². The summed E-state index contributed by atoms with van der Waals surface area (Å²) >= 11 is 0. The Morgan fingerprint density at radius 3 is 2.71 bits per heavy atom. The molecule has 0 aliphatic heterocycles. The molecule has 2 unspecified atom stereocenters. The molecule has 6 heteroatoms.